The van der Waals surface area contributed by atoms with Crippen molar-refractivity contribution in [3.63, 3.8) is 0 Å². The third kappa shape index (κ3) is 6.79. The van der Waals surface area contributed by atoms with Gasteiger partial charge in [0.2, 0.25) is 0 Å². The van der Waals surface area contributed by atoms with Crippen LogP contribution in [0, 0.1) is 6.57 Å². The second-order valence-corrected chi connectivity index (χ2v) is 16.6. The lowest BCUT2D eigenvalue weighted by Crippen LogP contribution is -2.28. The van der Waals surface area contributed by atoms with E-state index in [9.17, 15) is 0 Å². The third-order valence-electron chi connectivity index (χ3n) is 13.0. The lowest BCUT2D eigenvalue weighted by molar-refractivity contribution is 0.353. The van der Waals surface area contributed by atoms with Crippen LogP contribution in [0.2, 0.25) is 0 Å². The summed E-state index contributed by atoms with van der Waals surface area (Å²) in [5.41, 5.74) is 18.4. The first kappa shape index (κ1) is 37.3. The highest BCUT2D eigenvalue weighted by molar-refractivity contribution is 5.86. The van der Waals surface area contributed by atoms with Gasteiger partial charge in [-0.1, -0.05) is 201 Å². The molecule has 294 valence electrons. The van der Waals surface area contributed by atoms with Gasteiger partial charge >= 0.3 is 0 Å². The Balaban J connectivity index is 0.863. The van der Waals surface area contributed by atoms with Gasteiger partial charge in [-0.25, -0.2) is 19.8 Å². The Labute approximate surface area is 363 Å². The van der Waals surface area contributed by atoms with Crippen LogP contribution in [0.4, 0.5) is 5.69 Å². The molecule has 2 aliphatic carbocycles. The lowest BCUT2D eigenvalue weighted by Gasteiger charge is -2.36. The van der Waals surface area contributed by atoms with E-state index in [0.29, 0.717) is 17.5 Å². The number of aromatic nitrogens is 3. The fraction of sp³-hybridized carbons (Fsp3) is 0.103. The fourth-order valence-electron chi connectivity index (χ4n) is 9.76. The van der Waals surface area contributed by atoms with Gasteiger partial charge in [-0.05, 0) is 91.7 Å². The molecular formula is C58H42N4. The van der Waals surface area contributed by atoms with Crippen LogP contribution in [-0.2, 0) is 5.41 Å². The maximum atomic E-state index is 7.69. The molecule has 1 heterocycles. The molecular weight excluding hydrogens is 753 g/mol. The Bertz CT molecular complexity index is 3120. The van der Waals surface area contributed by atoms with E-state index in [0.717, 1.165) is 51.9 Å². The molecule has 1 saturated carbocycles. The standard InChI is InChI=1S/C58H42N4/c1-59-50-31-33-52-51-32-30-49(37-53(51)58(54(52)38-50)34-9-4-10-35-58)43-20-18-41(19-21-43)47-16-11-17-48(36-47)42-24-28-46(29-25-42)57-61-55(44-14-7-3-8-15-44)60-56(62-57)45-26-22-40(23-27-45)39-12-5-2-6-13-39/h2-3,5-8,11-33,36-38H,4,9-10,34-35H2. The Kier molecular flexibility index (Phi) is 9.44. The first-order valence-electron chi connectivity index (χ1n) is 21.6. The van der Waals surface area contributed by atoms with Crippen molar-refractivity contribution in [3.05, 3.63) is 217 Å². The van der Waals surface area contributed by atoms with Crippen LogP contribution in [0.25, 0.3) is 94.6 Å². The maximum absolute atomic E-state index is 7.69. The average molecular weight is 795 g/mol. The summed E-state index contributed by atoms with van der Waals surface area (Å²) in [6.07, 6.45) is 6.03. The van der Waals surface area contributed by atoms with Crippen molar-refractivity contribution < 1.29 is 0 Å². The van der Waals surface area contributed by atoms with E-state index in [-0.39, 0.29) is 5.41 Å². The number of benzene rings is 8. The number of nitrogens with zero attached hydrogens (tertiary/aromatic N) is 4. The Morgan fingerprint density at radius 3 is 1.23 bits per heavy atom. The summed E-state index contributed by atoms with van der Waals surface area (Å²) in [6.45, 7) is 7.69. The van der Waals surface area contributed by atoms with Gasteiger partial charge in [0.25, 0.3) is 0 Å². The van der Waals surface area contributed by atoms with Crippen molar-refractivity contribution in [1.29, 1.82) is 0 Å². The molecule has 0 unspecified atom stereocenters. The van der Waals surface area contributed by atoms with Crippen molar-refractivity contribution >= 4 is 5.69 Å². The Hall–Kier alpha value is -7.74. The molecule has 0 radical (unpaired) electrons. The highest BCUT2D eigenvalue weighted by Crippen LogP contribution is 2.57. The van der Waals surface area contributed by atoms with Crippen LogP contribution in [-0.4, -0.2) is 15.0 Å². The number of fused-ring (bicyclic) bond motifs is 5. The summed E-state index contributed by atoms with van der Waals surface area (Å²) in [5, 5.41) is 0. The normalized spacial score (nSPS) is 13.6. The predicted molar refractivity (Wildman–Crippen MR) is 253 cm³/mol. The highest BCUT2D eigenvalue weighted by Gasteiger charge is 2.43. The summed E-state index contributed by atoms with van der Waals surface area (Å²) in [6, 6.07) is 68.6. The maximum Gasteiger partial charge on any atom is 0.187 e. The smallest absolute Gasteiger partial charge is 0.187 e. The molecule has 0 bridgehead atoms. The van der Waals surface area contributed by atoms with Crippen LogP contribution in [0.5, 0.6) is 0 Å². The monoisotopic (exact) mass is 794 g/mol. The zero-order valence-corrected chi connectivity index (χ0v) is 34.3. The van der Waals surface area contributed by atoms with Crippen molar-refractivity contribution in [2.24, 2.45) is 0 Å². The molecule has 1 aromatic heterocycles. The molecule has 11 rings (SSSR count). The summed E-state index contributed by atoms with van der Waals surface area (Å²) in [7, 11) is 0. The SMILES string of the molecule is [C-]#[N+]c1ccc2c(c1)C1(CCCCC1)c1cc(-c3ccc(-c4cccc(-c5ccc(-c6nc(-c7ccccc7)nc(-c7ccc(-c8ccccc8)cc7)n6)cc5)c4)cc3)ccc1-2. The van der Waals surface area contributed by atoms with Gasteiger partial charge in [0.05, 0.1) is 6.57 Å². The van der Waals surface area contributed by atoms with Crippen LogP contribution >= 0.6 is 0 Å². The molecule has 9 aromatic rings. The number of rotatable bonds is 7. The second-order valence-electron chi connectivity index (χ2n) is 16.6. The van der Waals surface area contributed by atoms with Gasteiger partial charge in [-0.15, -0.1) is 0 Å². The molecule has 0 amide bonds. The van der Waals surface area contributed by atoms with E-state index in [4.69, 9.17) is 21.5 Å². The van der Waals surface area contributed by atoms with E-state index in [1.165, 1.54) is 69.3 Å². The van der Waals surface area contributed by atoms with Crippen LogP contribution in [0.1, 0.15) is 43.2 Å². The minimum atomic E-state index is 0.00742. The zero-order valence-electron chi connectivity index (χ0n) is 34.3. The molecule has 0 aliphatic heterocycles. The van der Waals surface area contributed by atoms with E-state index >= 15 is 0 Å². The van der Waals surface area contributed by atoms with E-state index in [1.54, 1.807) is 0 Å². The van der Waals surface area contributed by atoms with Gasteiger partial charge in [0.15, 0.2) is 23.2 Å². The third-order valence-corrected chi connectivity index (χ3v) is 13.0. The van der Waals surface area contributed by atoms with Crippen molar-refractivity contribution in [2.75, 3.05) is 0 Å². The Morgan fingerprint density at radius 2 is 0.710 bits per heavy atom. The zero-order chi connectivity index (χ0) is 41.5. The van der Waals surface area contributed by atoms with Crippen molar-refractivity contribution in [1.82, 2.24) is 15.0 Å². The molecule has 0 saturated heterocycles. The quantitative estimate of drug-likeness (QED) is 0.151. The number of hydrogen-bond donors (Lipinski definition) is 0. The van der Waals surface area contributed by atoms with E-state index in [2.05, 4.69) is 157 Å². The van der Waals surface area contributed by atoms with Crippen LogP contribution < -0.4 is 0 Å². The van der Waals surface area contributed by atoms with Gasteiger partial charge in [-0.2, -0.15) is 0 Å². The van der Waals surface area contributed by atoms with Gasteiger partial charge < -0.3 is 0 Å². The largest absolute Gasteiger partial charge is 0.238 e. The van der Waals surface area contributed by atoms with E-state index in [1.807, 2.05) is 42.5 Å². The number of hydrogen-bond acceptors (Lipinski definition) is 3. The second kappa shape index (κ2) is 15.7. The average Bonchev–Trinajstić information content (AvgIpc) is 3.61. The first-order valence-corrected chi connectivity index (χ1v) is 21.6. The molecule has 0 N–H and O–H groups in total. The van der Waals surface area contributed by atoms with Crippen molar-refractivity contribution in [3.8, 4) is 89.8 Å². The first-order chi connectivity index (χ1) is 30.6. The van der Waals surface area contributed by atoms with E-state index < -0.39 is 0 Å². The molecule has 8 aromatic carbocycles. The molecule has 0 atom stereocenters. The van der Waals surface area contributed by atoms with Crippen LogP contribution in [0.15, 0.2) is 194 Å². The molecule has 1 fully saturated rings. The molecule has 4 heteroatoms. The Morgan fingerprint density at radius 1 is 0.339 bits per heavy atom. The predicted octanol–water partition coefficient (Wildman–Crippen LogP) is 15.3. The van der Waals surface area contributed by atoms with Crippen LogP contribution in [0.3, 0.4) is 0 Å². The fourth-order valence-corrected chi connectivity index (χ4v) is 9.76. The summed E-state index contributed by atoms with van der Waals surface area (Å²) in [4.78, 5) is 18.7. The van der Waals surface area contributed by atoms with Gasteiger partial charge in [0, 0.05) is 22.1 Å². The molecule has 2 aliphatic rings. The highest BCUT2D eigenvalue weighted by atomic mass is 15.0. The van der Waals surface area contributed by atoms with Gasteiger partial charge in [0.1, 0.15) is 0 Å². The minimum absolute atomic E-state index is 0.00742. The van der Waals surface area contributed by atoms with Crippen molar-refractivity contribution in [2.45, 2.75) is 37.5 Å². The topological polar surface area (TPSA) is 43.0 Å². The molecule has 62 heavy (non-hydrogen) atoms. The molecule has 4 nitrogen and oxygen atoms in total. The van der Waals surface area contributed by atoms with Gasteiger partial charge in [-0.3, -0.25) is 0 Å². The summed E-state index contributed by atoms with van der Waals surface area (Å²) < 4.78 is 0. The lowest BCUT2D eigenvalue weighted by atomic mass is 9.67. The molecule has 1 spiro atoms. The summed E-state index contributed by atoms with van der Waals surface area (Å²) >= 11 is 0. The summed E-state index contributed by atoms with van der Waals surface area (Å²) in [5.74, 6) is 1.92. The minimum Gasteiger partial charge on any atom is -0.238 e.